The number of sulfonamides is 1. The van der Waals surface area contributed by atoms with Crippen molar-refractivity contribution >= 4 is 16.0 Å². The molecule has 0 spiro atoms. The molecule has 4 fully saturated rings. The Bertz CT molecular complexity index is 734. The van der Waals surface area contributed by atoms with Crippen LogP contribution in [-0.4, -0.2) is 28.0 Å². The first-order chi connectivity index (χ1) is 11.9. The van der Waals surface area contributed by atoms with Gasteiger partial charge in [-0.3, -0.25) is 4.79 Å². The second-order valence-electron chi connectivity index (χ2n) is 8.12. The minimum Gasteiger partial charge on any atom is -0.468 e. The third-order valence-corrected chi connectivity index (χ3v) is 7.87. The third-order valence-electron chi connectivity index (χ3n) is 6.45. The van der Waals surface area contributed by atoms with Gasteiger partial charge in [-0.05, 0) is 79.4 Å². The van der Waals surface area contributed by atoms with E-state index in [9.17, 15) is 13.2 Å². The number of hydrogen-bond acceptors (Lipinski definition) is 4. The normalized spacial score (nSPS) is 33.4. The minimum absolute atomic E-state index is 0.199. The monoisotopic (exact) mass is 363 g/mol. The lowest BCUT2D eigenvalue weighted by atomic mass is 9.48. The maximum absolute atomic E-state index is 12.3. The van der Waals surface area contributed by atoms with Crippen LogP contribution >= 0.6 is 0 Å². The molecule has 0 heterocycles. The number of hydrogen-bond donors (Lipinski definition) is 1. The highest BCUT2D eigenvalue weighted by Crippen LogP contribution is 2.60. The smallest absolute Gasteiger partial charge is 0.320 e. The first kappa shape index (κ1) is 17.0. The summed E-state index contributed by atoms with van der Waals surface area (Å²) in [6.07, 6.45) is 7.94. The van der Waals surface area contributed by atoms with Crippen molar-refractivity contribution < 1.29 is 17.9 Å². The summed E-state index contributed by atoms with van der Waals surface area (Å²) >= 11 is 0. The summed E-state index contributed by atoms with van der Waals surface area (Å²) in [6.45, 7) is -0.352. The molecule has 4 saturated carbocycles. The van der Waals surface area contributed by atoms with Crippen LogP contribution in [0.5, 0.6) is 0 Å². The highest BCUT2D eigenvalue weighted by Gasteiger charge is 2.51. The van der Waals surface area contributed by atoms with E-state index in [-0.39, 0.29) is 16.9 Å². The molecule has 1 aromatic rings. The van der Waals surface area contributed by atoms with E-state index in [1.54, 1.807) is 12.1 Å². The summed E-state index contributed by atoms with van der Waals surface area (Å²) < 4.78 is 31.3. The van der Waals surface area contributed by atoms with E-state index < -0.39 is 16.0 Å². The molecule has 0 radical (unpaired) electrons. The van der Waals surface area contributed by atoms with Crippen molar-refractivity contribution in [3.05, 3.63) is 29.8 Å². The number of esters is 1. The molecule has 6 heteroatoms. The van der Waals surface area contributed by atoms with E-state index in [0.717, 1.165) is 17.8 Å². The maximum Gasteiger partial charge on any atom is 0.320 e. The van der Waals surface area contributed by atoms with Crippen LogP contribution in [0.15, 0.2) is 29.2 Å². The van der Waals surface area contributed by atoms with Crippen LogP contribution in [0.25, 0.3) is 0 Å². The summed E-state index contributed by atoms with van der Waals surface area (Å²) in [4.78, 5) is 11.4. The van der Waals surface area contributed by atoms with Crippen LogP contribution in [-0.2, 0) is 25.0 Å². The molecule has 4 bridgehead atoms. The molecule has 0 unspecified atom stereocenters. The first-order valence-corrected chi connectivity index (χ1v) is 10.6. The second kappa shape index (κ2) is 6.09. The Kier molecular flexibility index (Phi) is 4.15. The van der Waals surface area contributed by atoms with Crippen LogP contribution in [0.1, 0.15) is 44.1 Å². The molecule has 5 nitrogen and oxygen atoms in total. The molecule has 4 aliphatic rings. The molecule has 1 N–H and O–H groups in total. The number of methoxy groups -OCH3 is 1. The Morgan fingerprint density at radius 3 is 2.08 bits per heavy atom. The number of carbonyl (C=O) groups excluding carboxylic acids is 1. The summed E-state index contributed by atoms with van der Waals surface area (Å²) in [6, 6.07) is 7.32. The Hall–Kier alpha value is -1.40. The van der Waals surface area contributed by atoms with Crippen LogP contribution in [0, 0.1) is 17.8 Å². The van der Waals surface area contributed by atoms with Crippen molar-refractivity contribution in [2.75, 3.05) is 13.7 Å². The van der Waals surface area contributed by atoms with Gasteiger partial charge in [0, 0.05) is 0 Å². The lowest BCUT2D eigenvalue weighted by molar-refractivity contribution is -0.139. The molecule has 1 aromatic carbocycles. The molecule has 0 saturated heterocycles. The van der Waals surface area contributed by atoms with Crippen LogP contribution in [0.4, 0.5) is 0 Å². The SMILES string of the molecule is COC(=O)CNS(=O)(=O)c1ccc(C23CC4CC(CC(C4)C2)C3)cc1. The maximum atomic E-state index is 12.3. The van der Waals surface area contributed by atoms with Crippen molar-refractivity contribution in [3.63, 3.8) is 0 Å². The van der Waals surface area contributed by atoms with E-state index in [1.165, 1.54) is 51.2 Å². The summed E-state index contributed by atoms with van der Waals surface area (Å²) in [5, 5.41) is 0. The Labute approximate surface area is 149 Å². The molecule has 25 heavy (non-hydrogen) atoms. The Morgan fingerprint density at radius 2 is 1.60 bits per heavy atom. The lowest BCUT2D eigenvalue weighted by Gasteiger charge is -2.57. The van der Waals surface area contributed by atoms with Gasteiger partial charge in [-0.25, -0.2) is 8.42 Å². The van der Waals surface area contributed by atoms with Gasteiger partial charge in [-0.15, -0.1) is 0 Å². The summed E-state index contributed by atoms with van der Waals surface area (Å²) in [5.74, 6) is 1.97. The summed E-state index contributed by atoms with van der Waals surface area (Å²) in [5.41, 5.74) is 1.55. The zero-order chi connectivity index (χ0) is 17.7. The van der Waals surface area contributed by atoms with Crippen molar-refractivity contribution in [1.29, 1.82) is 0 Å². The topological polar surface area (TPSA) is 72.5 Å². The van der Waals surface area contributed by atoms with Gasteiger partial charge in [0.25, 0.3) is 0 Å². The number of ether oxygens (including phenoxy) is 1. The fraction of sp³-hybridized carbons (Fsp3) is 0.632. The minimum atomic E-state index is -3.69. The quantitative estimate of drug-likeness (QED) is 0.816. The van der Waals surface area contributed by atoms with Gasteiger partial charge in [0.15, 0.2) is 0 Å². The van der Waals surface area contributed by atoms with Crippen molar-refractivity contribution in [3.8, 4) is 0 Å². The molecular weight excluding hydrogens is 338 g/mol. The molecule has 5 rings (SSSR count). The molecule has 0 aromatic heterocycles. The van der Waals surface area contributed by atoms with Crippen LogP contribution in [0.2, 0.25) is 0 Å². The second-order valence-corrected chi connectivity index (χ2v) is 9.89. The van der Waals surface area contributed by atoms with Gasteiger partial charge in [-0.2, -0.15) is 4.72 Å². The molecular formula is C19H25NO4S. The van der Waals surface area contributed by atoms with Crippen molar-refractivity contribution in [2.24, 2.45) is 17.8 Å². The molecule has 4 aliphatic carbocycles. The van der Waals surface area contributed by atoms with Crippen LogP contribution in [0.3, 0.4) is 0 Å². The molecule has 0 atom stereocenters. The fourth-order valence-corrected chi connectivity index (χ4v) is 6.73. The Morgan fingerprint density at radius 1 is 1.08 bits per heavy atom. The van der Waals surface area contributed by atoms with Gasteiger partial charge < -0.3 is 4.74 Å². The first-order valence-electron chi connectivity index (χ1n) is 9.07. The summed E-state index contributed by atoms with van der Waals surface area (Å²) in [7, 11) is -2.46. The average Bonchev–Trinajstić information content (AvgIpc) is 2.59. The van der Waals surface area contributed by atoms with Gasteiger partial charge in [-0.1, -0.05) is 12.1 Å². The van der Waals surface area contributed by atoms with Crippen molar-refractivity contribution in [2.45, 2.75) is 48.8 Å². The van der Waals surface area contributed by atoms with Crippen LogP contribution < -0.4 is 4.72 Å². The van der Waals surface area contributed by atoms with Crippen molar-refractivity contribution in [1.82, 2.24) is 4.72 Å². The zero-order valence-electron chi connectivity index (χ0n) is 14.5. The number of nitrogens with one attached hydrogen (secondary N) is 1. The number of benzene rings is 1. The van der Waals surface area contributed by atoms with E-state index >= 15 is 0 Å². The fourth-order valence-electron chi connectivity index (χ4n) is 5.76. The van der Waals surface area contributed by atoms with Gasteiger partial charge >= 0.3 is 5.97 Å². The Balaban J connectivity index is 1.53. The van der Waals surface area contributed by atoms with E-state index in [1.807, 2.05) is 12.1 Å². The predicted molar refractivity (Wildman–Crippen MR) is 93.5 cm³/mol. The van der Waals surface area contributed by atoms with Gasteiger partial charge in [0.05, 0.1) is 12.0 Å². The highest BCUT2D eigenvalue weighted by molar-refractivity contribution is 7.89. The van der Waals surface area contributed by atoms with E-state index in [4.69, 9.17) is 0 Å². The van der Waals surface area contributed by atoms with Gasteiger partial charge in [0.1, 0.15) is 6.54 Å². The number of rotatable bonds is 5. The average molecular weight is 363 g/mol. The van der Waals surface area contributed by atoms with E-state index in [2.05, 4.69) is 9.46 Å². The molecule has 0 aliphatic heterocycles. The van der Waals surface area contributed by atoms with Gasteiger partial charge in [0.2, 0.25) is 10.0 Å². The number of carbonyl (C=O) groups is 1. The lowest BCUT2D eigenvalue weighted by Crippen LogP contribution is -2.48. The largest absolute Gasteiger partial charge is 0.468 e. The standard InChI is InChI=1S/C19H25NO4S/c1-24-18(21)12-20-25(22,23)17-4-2-16(3-5-17)19-9-13-6-14(10-19)8-15(7-13)11-19/h2-5,13-15,20H,6-12H2,1H3. The highest BCUT2D eigenvalue weighted by atomic mass is 32.2. The van der Waals surface area contributed by atoms with E-state index in [0.29, 0.717) is 0 Å². The predicted octanol–water partition coefficient (Wildman–Crippen LogP) is 2.61. The molecule has 136 valence electrons. The molecule has 0 amide bonds. The third kappa shape index (κ3) is 3.10. The zero-order valence-corrected chi connectivity index (χ0v) is 15.3.